The predicted octanol–water partition coefficient (Wildman–Crippen LogP) is 1.52. The molecule has 1 aromatic heterocycles. The molecule has 1 heterocycles. The second-order valence-electron chi connectivity index (χ2n) is 2.35. The summed E-state index contributed by atoms with van der Waals surface area (Å²) in [6.45, 7) is 2.43. The molecule has 69 valence electrons. The van der Waals surface area contributed by atoms with E-state index >= 15 is 0 Å². The van der Waals surface area contributed by atoms with Crippen LogP contribution in [0.15, 0.2) is 28.0 Å². The molecule has 0 aliphatic heterocycles. The molecule has 1 aromatic rings. The summed E-state index contributed by atoms with van der Waals surface area (Å²) in [5.41, 5.74) is 0.0541. The van der Waals surface area contributed by atoms with Gasteiger partial charge in [-0.1, -0.05) is 12.1 Å². The normalized spacial score (nSPS) is 11.3. The minimum atomic E-state index is 0.0541. The first kappa shape index (κ1) is 9.51. The Morgan fingerprint density at radius 2 is 2.62 bits per heavy atom. The summed E-state index contributed by atoms with van der Waals surface area (Å²) < 4.78 is 4.94. The van der Waals surface area contributed by atoms with Crippen molar-refractivity contribution in [1.82, 2.24) is 0 Å². The lowest BCUT2D eigenvalue weighted by molar-refractivity contribution is 0.145. The largest absolute Gasteiger partial charge is 0.462 e. The van der Waals surface area contributed by atoms with Crippen LogP contribution in [0.5, 0.6) is 0 Å². The molecule has 4 heteroatoms. The Bertz CT molecular complexity index is 277. The highest BCUT2D eigenvalue weighted by molar-refractivity contribution is 6.35. The lowest BCUT2D eigenvalue weighted by Crippen LogP contribution is -2.02. The second kappa shape index (κ2) is 5.13. The molecule has 4 nitrogen and oxygen atoms in total. The van der Waals surface area contributed by atoms with E-state index < -0.39 is 0 Å². The zero-order valence-corrected chi connectivity index (χ0v) is 7.32. The maximum atomic E-state index is 10.4. The highest BCUT2D eigenvalue weighted by Crippen LogP contribution is 2.01. The lowest BCUT2D eigenvalue weighted by Gasteiger charge is -1.95. The van der Waals surface area contributed by atoms with E-state index in [1.165, 1.54) is 6.26 Å². The van der Waals surface area contributed by atoms with Gasteiger partial charge in [-0.25, -0.2) is 0 Å². The van der Waals surface area contributed by atoms with Crippen LogP contribution in [-0.4, -0.2) is 18.6 Å². The first-order valence-electron chi connectivity index (χ1n) is 4.00. The molecule has 0 spiro atoms. The zero-order chi connectivity index (χ0) is 9.52. The third-order valence-corrected chi connectivity index (χ3v) is 1.30. The lowest BCUT2D eigenvalue weighted by atomic mass is 10.3. The van der Waals surface area contributed by atoms with Gasteiger partial charge in [0.25, 0.3) is 6.29 Å². The van der Waals surface area contributed by atoms with Crippen LogP contribution in [0, 0.1) is 0 Å². The standard InChI is InChI=1S/C9H10NO3/c1-2-5-13-10-8(7-11)9-4-3-6-12-9/h3-4,6H,2,5H2,1H3. The summed E-state index contributed by atoms with van der Waals surface area (Å²) in [7, 11) is 0. The number of rotatable bonds is 5. The van der Waals surface area contributed by atoms with Gasteiger partial charge in [0.15, 0.2) is 11.5 Å². The topological polar surface area (TPSA) is 51.8 Å². The van der Waals surface area contributed by atoms with E-state index in [-0.39, 0.29) is 5.71 Å². The Morgan fingerprint density at radius 3 is 3.15 bits per heavy atom. The van der Waals surface area contributed by atoms with E-state index in [1.54, 1.807) is 18.4 Å². The van der Waals surface area contributed by atoms with Gasteiger partial charge in [0, 0.05) is 0 Å². The van der Waals surface area contributed by atoms with E-state index in [1.807, 2.05) is 6.92 Å². The van der Waals surface area contributed by atoms with Crippen LogP contribution in [0.4, 0.5) is 0 Å². The molecule has 1 radical (unpaired) electrons. The van der Waals surface area contributed by atoms with Crippen molar-refractivity contribution in [3.63, 3.8) is 0 Å². The van der Waals surface area contributed by atoms with E-state index in [0.717, 1.165) is 6.42 Å². The van der Waals surface area contributed by atoms with Crippen molar-refractivity contribution in [2.45, 2.75) is 13.3 Å². The van der Waals surface area contributed by atoms with Crippen molar-refractivity contribution in [2.24, 2.45) is 5.16 Å². The third-order valence-electron chi connectivity index (χ3n) is 1.30. The molecular weight excluding hydrogens is 170 g/mol. The van der Waals surface area contributed by atoms with Crippen LogP contribution < -0.4 is 0 Å². The molecule has 0 N–H and O–H groups in total. The second-order valence-corrected chi connectivity index (χ2v) is 2.35. The molecule has 0 aromatic carbocycles. The monoisotopic (exact) mass is 180 g/mol. The Hall–Kier alpha value is -1.58. The molecule has 0 saturated heterocycles. The summed E-state index contributed by atoms with van der Waals surface area (Å²) in [6, 6.07) is 3.29. The first-order chi connectivity index (χ1) is 6.38. The van der Waals surface area contributed by atoms with Crippen LogP contribution in [0.25, 0.3) is 0 Å². The van der Waals surface area contributed by atoms with Gasteiger partial charge in [0.1, 0.15) is 6.61 Å². The van der Waals surface area contributed by atoms with Gasteiger partial charge in [-0.3, -0.25) is 4.79 Å². The quantitative estimate of drug-likeness (QED) is 0.392. The summed E-state index contributed by atoms with van der Waals surface area (Å²) >= 11 is 0. The first-order valence-corrected chi connectivity index (χ1v) is 4.00. The van der Waals surface area contributed by atoms with Crippen molar-refractivity contribution in [2.75, 3.05) is 6.61 Å². The maximum absolute atomic E-state index is 10.4. The molecule has 0 bridgehead atoms. The smallest absolute Gasteiger partial charge is 0.261 e. The summed E-state index contributed by atoms with van der Waals surface area (Å²) in [5.74, 6) is 0.367. The molecule has 0 atom stereocenters. The maximum Gasteiger partial charge on any atom is 0.261 e. The summed E-state index contributed by atoms with van der Waals surface area (Å²) in [6.07, 6.45) is 3.95. The van der Waals surface area contributed by atoms with Gasteiger partial charge in [-0.2, -0.15) is 0 Å². The number of furan rings is 1. The van der Waals surface area contributed by atoms with E-state index in [2.05, 4.69) is 5.16 Å². The molecule has 13 heavy (non-hydrogen) atoms. The Labute approximate surface area is 76.2 Å². The molecule has 0 saturated carbocycles. The minimum Gasteiger partial charge on any atom is -0.462 e. The van der Waals surface area contributed by atoms with Gasteiger partial charge in [-0.15, -0.1) is 0 Å². The number of hydrogen-bond donors (Lipinski definition) is 0. The van der Waals surface area contributed by atoms with Crippen LogP contribution in [0.3, 0.4) is 0 Å². The molecule has 0 amide bonds. The van der Waals surface area contributed by atoms with Crippen molar-refractivity contribution in [1.29, 1.82) is 0 Å². The number of hydrogen-bond acceptors (Lipinski definition) is 4. The molecule has 1 rings (SSSR count). The number of carbonyl (C=O) groups excluding carboxylic acids is 1. The summed E-state index contributed by atoms with van der Waals surface area (Å²) in [4.78, 5) is 15.2. The van der Waals surface area contributed by atoms with Gasteiger partial charge in [-0.05, 0) is 18.6 Å². The fourth-order valence-electron chi connectivity index (χ4n) is 0.729. The molecular formula is C9H10NO3. The van der Waals surface area contributed by atoms with Crippen LogP contribution >= 0.6 is 0 Å². The molecule has 0 aliphatic rings. The van der Waals surface area contributed by atoms with E-state index in [4.69, 9.17) is 9.25 Å². The fraction of sp³-hybridized carbons (Fsp3) is 0.333. The highest BCUT2D eigenvalue weighted by atomic mass is 16.6. The average molecular weight is 180 g/mol. The number of oxime groups is 1. The van der Waals surface area contributed by atoms with Gasteiger partial charge < -0.3 is 9.25 Å². The van der Waals surface area contributed by atoms with Gasteiger partial charge in [0.2, 0.25) is 0 Å². The Kier molecular flexibility index (Phi) is 3.75. The minimum absolute atomic E-state index is 0.0541. The van der Waals surface area contributed by atoms with Crippen LogP contribution in [-0.2, 0) is 9.63 Å². The van der Waals surface area contributed by atoms with Crippen molar-refractivity contribution in [3.05, 3.63) is 24.2 Å². The fourth-order valence-corrected chi connectivity index (χ4v) is 0.729. The Balaban J connectivity index is 2.62. The van der Waals surface area contributed by atoms with Crippen molar-refractivity contribution in [3.8, 4) is 0 Å². The third kappa shape index (κ3) is 2.74. The van der Waals surface area contributed by atoms with E-state index in [9.17, 15) is 4.79 Å². The van der Waals surface area contributed by atoms with Gasteiger partial charge in [0.05, 0.1) is 6.26 Å². The molecule has 0 fully saturated rings. The molecule has 0 aliphatic carbocycles. The zero-order valence-electron chi connectivity index (χ0n) is 7.32. The summed E-state index contributed by atoms with van der Waals surface area (Å²) in [5, 5.41) is 3.57. The van der Waals surface area contributed by atoms with Crippen LogP contribution in [0.2, 0.25) is 0 Å². The predicted molar refractivity (Wildman–Crippen MR) is 47.2 cm³/mol. The number of nitrogens with zero attached hydrogens (tertiary/aromatic N) is 1. The SMILES string of the molecule is CCCON=C([C]=O)c1ccco1. The van der Waals surface area contributed by atoms with Gasteiger partial charge >= 0.3 is 0 Å². The Morgan fingerprint density at radius 1 is 1.77 bits per heavy atom. The van der Waals surface area contributed by atoms with E-state index in [0.29, 0.717) is 12.4 Å². The molecule has 0 unspecified atom stereocenters. The van der Waals surface area contributed by atoms with Crippen molar-refractivity contribution >= 4 is 12.0 Å². The van der Waals surface area contributed by atoms with Crippen LogP contribution in [0.1, 0.15) is 19.1 Å². The average Bonchev–Trinajstić information content (AvgIpc) is 2.65. The highest BCUT2D eigenvalue weighted by Gasteiger charge is 2.06. The van der Waals surface area contributed by atoms with Crippen molar-refractivity contribution < 1.29 is 14.0 Å².